The van der Waals surface area contributed by atoms with E-state index < -0.39 is 0 Å². The molecule has 0 saturated heterocycles. The van der Waals surface area contributed by atoms with Gasteiger partial charge in [0.05, 0.1) is 15.2 Å². The van der Waals surface area contributed by atoms with Crippen LogP contribution < -0.4 is 0 Å². The molecule has 0 aliphatic rings. The first kappa shape index (κ1) is 7.95. The van der Waals surface area contributed by atoms with E-state index in [0.717, 1.165) is 5.01 Å². The molecule has 4 heteroatoms. The fraction of sp³-hybridized carbons (Fsp3) is 0.125. The summed E-state index contributed by atoms with van der Waals surface area (Å²) in [5, 5.41) is 1.25. The zero-order valence-electron chi connectivity index (χ0n) is 6.27. The number of thiazole rings is 1. The van der Waals surface area contributed by atoms with Crippen LogP contribution >= 0.6 is 22.9 Å². The summed E-state index contributed by atoms with van der Waals surface area (Å²) in [6, 6.07) is 2.98. The van der Waals surface area contributed by atoms with Gasteiger partial charge in [-0.25, -0.2) is 9.37 Å². The van der Waals surface area contributed by atoms with Crippen LogP contribution in [0.5, 0.6) is 0 Å². The summed E-state index contributed by atoms with van der Waals surface area (Å²) < 4.78 is 13.7. The van der Waals surface area contributed by atoms with Crippen molar-refractivity contribution in [3.05, 3.63) is 28.0 Å². The summed E-state index contributed by atoms with van der Waals surface area (Å²) in [6.07, 6.45) is 0. The normalized spacial score (nSPS) is 10.9. The van der Waals surface area contributed by atoms with Gasteiger partial charge in [-0.1, -0.05) is 11.6 Å². The predicted molar refractivity (Wildman–Crippen MR) is 49.3 cm³/mol. The third-order valence-electron chi connectivity index (χ3n) is 1.52. The SMILES string of the molecule is Cc1nc2cc(Cl)cc(F)c2s1. The highest BCUT2D eigenvalue weighted by Gasteiger charge is 2.06. The van der Waals surface area contributed by atoms with Crippen molar-refractivity contribution in [3.8, 4) is 0 Å². The summed E-state index contributed by atoms with van der Waals surface area (Å²) in [7, 11) is 0. The molecular formula is C8H5ClFNS. The smallest absolute Gasteiger partial charge is 0.144 e. The molecule has 0 N–H and O–H groups in total. The Morgan fingerprint density at radius 1 is 1.50 bits per heavy atom. The second-order valence-electron chi connectivity index (χ2n) is 2.47. The van der Waals surface area contributed by atoms with E-state index in [0.29, 0.717) is 15.2 Å². The number of nitrogens with zero attached hydrogens (tertiary/aromatic N) is 1. The number of fused-ring (bicyclic) bond motifs is 1. The molecule has 0 radical (unpaired) electrons. The van der Waals surface area contributed by atoms with Gasteiger partial charge in [-0.05, 0) is 19.1 Å². The molecule has 0 aliphatic heterocycles. The Morgan fingerprint density at radius 2 is 2.25 bits per heavy atom. The van der Waals surface area contributed by atoms with E-state index >= 15 is 0 Å². The molecule has 62 valence electrons. The van der Waals surface area contributed by atoms with Crippen molar-refractivity contribution in [2.75, 3.05) is 0 Å². The molecule has 0 atom stereocenters. The summed E-state index contributed by atoms with van der Waals surface area (Å²) in [5.41, 5.74) is 0.641. The highest BCUT2D eigenvalue weighted by atomic mass is 35.5. The minimum absolute atomic E-state index is 0.289. The molecular weight excluding hydrogens is 197 g/mol. The van der Waals surface area contributed by atoms with Crippen LogP contribution in [0.4, 0.5) is 4.39 Å². The maximum atomic E-state index is 13.1. The van der Waals surface area contributed by atoms with Gasteiger partial charge in [0.1, 0.15) is 5.82 Å². The Morgan fingerprint density at radius 3 is 3.00 bits per heavy atom. The quantitative estimate of drug-likeness (QED) is 0.637. The van der Waals surface area contributed by atoms with Crippen molar-refractivity contribution < 1.29 is 4.39 Å². The molecule has 1 heterocycles. The van der Waals surface area contributed by atoms with Gasteiger partial charge >= 0.3 is 0 Å². The number of halogens is 2. The molecule has 0 fully saturated rings. The predicted octanol–water partition coefficient (Wildman–Crippen LogP) is 3.40. The van der Waals surface area contributed by atoms with E-state index in [9.17, 15) is 4.39 Å². The molecule has 0 unspecified atom stereocenters. The lowest BCUT2D eigenvalue weighted by molar-refractivity contribution is 0.641. The van der Waals surface area contributed by atoms with Crippen molar-refractivity contribution in [2.24, 2.45) is 0 Å². The van der Waals surface area contributed by atoms with Gasteiger partial charge in [-0.15, -0.1) is 11.3 Å². The number of hydrogen-bond acceptors (Lipinski definition) is 2. The minimum atomic E-state index is -0.289. The molecule has 0 saturated carbocycles. The zero-order valence-corrected chi connectivity index (χ0v) is 7.84. The van der Waals surface area contributed by atoms with Crippen molar-refractivity contribution in [1.29, 1.82) is 0 Å². The molecule has 0 amide bonds. The van der Waals surface area contributed by atoms with E-state index in [1.807, 2.05) is 6.92 Å². The third kappa shape index (κ3) is 1.19. The minimum Gasteiger partial charge on any atom is -0.241 e. The first-order chi connectivity index (χ1) is 5.66. The molecule has 12 heavy (non-hydrogen) atoms. The lowest BCUT2D eigenvalue weighted by atomic mass is 10.3. The molecule has 0 aliphatic carbocycles. The Kier molecular flexibility index (Phi) is 1.77. The van der Waals surface area contributed by atoms with Gasteiger partial charge in [-0.2, -0.15) is 0 Å². The standard InChI is InChI=1S/C8H5ClFNS/c1-4-11-7-3-5(9)2-6(10)8(7)12-4/h2-3H,1H3. The first-order valence-corrected chi connectivity index (χ1v) is 4.58. The van der Waals surface area contributed by atoms with Gasteiger partial charge < -0.3 is 0 Å². The number of benzene rings is 1. The zero-order chi connectivity index (χ0) is 8.72. The van der Waals surface area contributed by atoms with E-state index in [4.69, 9.17) is 11.6 Å². The van der Waals surface area contributed by atoms with Crippen molar-refractivity contribution in [1.82, 2.24) is 4.98 Å². The summed E-state index contributed by atoms with van der Waals surface area (Å²) in [4.78, 5) is 4.13. The monoisotopic (exact) mass is 201 g/mol. The molecule has 0 bridgehead atoms. The highest BCUT2D eigenvalue weighted by molar-refractivity contribution is 7.18. The van der Waals surface area contributed by atoms with Crippen molar-refractivity contribution >= 4 is 33.2 Å². The van der Waals surface area contributed by atoms with Crippen LogP contribution in [0, 0.1) is 12.7 Å². The molecule has 1 aromatic carbocycles. The molecule has 2 aromatic rings. The van der Waals surface area contributed by atoms with Crippen LogP contribution in [0.2, 0.25) is 5.02 Å². The molecule has 1 nitrogen and oxygen atoms in total. The van der Waals surface area contributed by atoms with E-state index in [2.05, 4.69) is 4.98 Å². The highest BCUT2D eigenvalue weighted by Crippen LogP contribution is 2.27. The maximum absolute atomic E-state index is 13.1. The molecule has 1 aromatic heterocycles. The average Bonchev–Trinajstić information content (AvgIpc) is 2.29. The fourth-order valence-corrected chi connectivity index (χ4v) is 2.08. The summed E-state index contributed by atoms with van der Waals surface area (Å²) >= 11 is 7.00. The van der Waals surface area contributed by atoms with Crippen LogP contribution in [0.3, 0.4) is 0 Å². The van der Waals surface area contributed by atoms with Gasteiger partial charge in [0.25, 0.3) is 0 Å². The molecule has 0 spiro atoms. The van der Waals surface area contributed by atoms with E-state index in [-0.39, 0.29) is 5.82 Å². The van der Waals surface area contributed by atoms with Crippen LogP contribution in [-0.4, -0.2) is 4.98 Å². The van der Waals surface area contributed by atoms with Gasteiger partial charge in [0, 0.05) is 5.02 Å². The Hall–Kier alpha value is -0.670. The first-order valence-electron chi connectivity index (χ1n) is 3.39. The van der Waals surface area contributed by atoms with Crippen molar-refractivity contribution in [3.63, 3.8) is 0 Å². The fourth-order valence-electron chi connectivity index (χ4n) is 1.07. The largest absolute Gasteiger partial charge is 0.241 e. The van der Waals surface area contributed by atoms with Crippen LogP contribution in [0.15, 0.2) is 12.1 Å². The Labute approximate surface area is 77.8 Å². The molecule has 2 rings (SSSR count). The second-order valence-corrected chi connectivity index (χ2v) is 4.11. The number of rotatable bonds is 0. The Balaban J connectivity index is 2.88. The maximum Gasteiger partial charge on any atom is 0.144 e. The van der Waals surface area contributed by atoms with Gasteiger partial charge in [0.15, 0.2) is 0 Å². The number of hydrogen-bond donors (Lipinski definition) is 0. The average molecular weight is 202 g/mol. The van der Waals surface area contributed by atoms with Crippen molar-refractivity contribution in [2.45, 2.75) is 6.92 Å². The van der Waals surface area contributed by atoms with Crippen LogP contribution in [0.1, 0.15) is 5.01 Å². The number of aryl methyl sites for hydroxylation is 1. The van der Waals surface area contributed by atoms with Gasteiger partial charge in [-0.3, -0.25) is 0 Å². The summed E-state index contributed by atoms with van der Waals surface area (Å²) in [6.45, 7) is 1.85. The van der Waals surface area contributed by atoms with E-state index in [1.165, 1.54) is 17.4 Å². The Bertz CT molecular complexity index is 438. The summed E-state index contributed by atoms with van der Waals surface area (Å²) in [5.74, 6) is -0.289. The topological polar surface area (TPSA) is 12.9 Å². The third-order valence-corrected chi connectivity index (χ3v) is 2.73. The van der Waals surface area contributed by atoms with Gasteiger partial charge in [0.2, 0.25) is 0 Å². The van der Waals surface area contributed by atoms with Crippen LogP contribution in [-0.2, 0) is 0 Å². The second kappa shape index (κ2) is 2.68. The van der Waals surface area contributed by atoms with Crippen LogP contribution in [0.25, 0.3) is 10.2 Å². The number of aromatic nitrogens is 1. The lowest BCUT2D eigenvalue weighted by Crippen LogP contribution is -1.74. The lowest BCUT2D eigenvalue weighted by Gasteiger charge is -1.91. The van der Waals surface area contributed by atoms with E-state index in [1.54, 1.807) is 6.07 Å².